The molecular weight excluding hydrogens is 282 g/mol. The molecule has 1 aromatic carbocycles. The van der Waals surface area contributed by atoms with Crippen LogP contribution in [0.4, 0.5) is 0 Å². The predicted octanol–water partition coefficient (Wildman–Crippen LogP) is 2.15. The maximum atomic E-state index is 12.0. The highest BCUT2D eigenvalue weighted by Gasteiger charge is 2.38. The number of amides is 2. The van der Waals surface area contributed by atoms with Crippen molar-refractivity contribution in [1.29, 1.82) is 0 Å². The van der Waals surface area contributed by atoms with Gasteiger partial charge in [0.15, 0.2) is 0 Å². The van der Waals surface area contributed by atoms with Crippen molar-refractivity contribution >= 4 is 33.3 Å². The Morgan fingerprint density at radius 3 is 2.71 bits per heavy atom. The lowest BCUT2D eigenvalue weighted by molar-refractivity contribution is -0.135. The summed E-state index contributed by atoms with van der Waals surface area (Å²) in [4.78, 5) is 25.1. The molecule has 1 heterocycles. The molecule has 17 heavy (non-hydrogen) atoms. The van der Waals surface area contributed by atoms with Crippen molar-refractivity contribution in [3.05, 3.63) is 39.4 Å². The Hall–Kier alpha value is -1.42. The first-order valence-corrected chi connectivity index (χ1v) is 6.23. The van der Waals surface area contributed by atoms with Gasteiger partial charge in [0.1, 0.15) is 0 Å². The molecule has 3 nitrogen and oxygen atoms in total. The summed E-state index contributed by atoms with van der Waals surface area (Å²) in [7, 11) is 1.54. The molecule has 0 unspecified atom stereocenters. The lowest BCUT2D eigenvalue weighted by Gasteiger charge is -2.16. The monoisotopic (exact) mass is 291 g/mol. The highest BCUT2D eigenvalue weighted by molar-refractivity contribution is 9.10. The zero-order valence-corrected chi connectivity index (χ0v) is 10.9. The number of rotatable bonds is 0. The van der Waals surface area contributed by atoms with E-state index >= 15 is 0 Å². The van der Waals surface area contributed by atoms with Crippen molar-refractivity contribution in [2.45, 2.75) is 12.8 Å². The highest BCUT2D eigenvalue weighted by atomic mass is 79.9. The highest BCUT2D eigenvalue weighted by Crippen LogP contribution is 2.38. The molecule has 1 aliphatic heterocycles. The molecule has 0 fully saturated rings. The molecule has 4 heteroatoms. The van der Waals surface area contributed by atoms with E-state index in [0.717, 1.165) is 22.0 Å². The fourth-order valence-corrected chi connectivity index (χ4v) is 2.89. The first-order chi connectivity index (χ1) is 8.09. The van der Waals surface area contributed by atoms with E-state index in [1.54, 1.807) is 7.05 Å². The lowest BCUT2D eigenvalue weighted by atomic mass is 9.87. The minimum Gasteiger partial charge on any atom is -0.278 e. The molecule has 0 saturated carbocycles. The van der Waals surface area contributed by atoms with Crippen LogP contribution in [0.5, 0.6) is 0 Å². The maximum absolute atomic E-state index is 12.0. The second-order valence-electron chi connectivity index (χ2n) is 4.32. The molecule has 0 atom stereocenters. The van der Waals surface area contributed by atoms with Gasteiger partial charge in [-0.25, -0.2) is 0 Å². The van der Waals surface area contributed by atoms with Crippen LogP contribution in [0.25, 0.3) is 5.57 Å². The van der Waals surface area contributed by atoms with Crippen molar-refractivity contribution in [2.75, 3.05) is 7.05 Å². The summed E-state index contributed by atoms with van der Waals surface area (Å²) in [6, 6.07) is 5.85. The third-order valence-electron chi connectivity index (χ3n) is 3.36. The minimum absolute atomic E-state index is 0.140. The summed E-state index contributed by atoms with van der Waals surface area (Å²) in [6.45, 7) is 0. The van der Waals surface area contributed by atoms with Crippen LogP contribution in [-0.2, 0) is 16.0 Å². The van der Waals surface area contributed by atoms with Crippen LogP contribution in [0, 0.1) is 0 Å². The van der Waals surface area contributed by atoms with E-state index in [0.29, 0.717) is 17.6 Å². The minimum atomic E-state index is -0.173. The van der Waals surface area contributed by atoms with E-state index in [1.807, 2.05) is 18.2 Å². The first kappa shape index (κ1) is 10.7. The van der Waals surface area contributed by atoms with Gasteiger partial charge >= 0.3 is 0 Å². The molecule has 2 aliphatic rings. The molecule has 3 rings (SSSR count). The Kier molecular flexibility index (Phi) is 2.23. The smallest absolute Gasteiger partial charge is 0.261 e. The van der Waals surface area contributed by atoms with Crippen LogP contribution in [0.15, 0.2) is 28.2 Å². The Morgan fingerprint density at radius 2 is 1.94 bits per heavy atom. The molecular formula is C13H10BrNO2. The third-order valence-corrected chi connectivity index (χ3v) is 3.86. The predicted molar refractivity (Wildman–Crippen MR) is 67.2 cm³/mol. The second-order valence-corrected chi connectivity index (χ2v) is 5.24. The van der Waals surface area contributed by atoms with Gasteiger partial charge < -0.3 is 0 Å². The summed E-state index contributed by atoms with van der Waals surface area (Å²) < 4.78 is 1.01. The first-order valence-electron chi connectivity index (χ1n) is 5.44. The van der Waals surface area contributed by atoms with Crippen LogP contribution in [0.1, 0.15) is 17.5 Å². The lowest BCUT2D eigenvalue weighted by Crippen LogP contribution is -2.26. The number of hydrogen-bond acceptors (Lipinski definition) is 2. The summed E-state index contributed by atoms with van der Waals surface area (Å²) >= 11 is 3.42. The molecule has 1 aliphatic carbocycles. The van der Waals surface area contributed by atoms with Gasteiger partial charge in [0, 0.05) is 17.1 Å². The van der Waals surface area contributed by atoms with E-state index in [9.17, 15) is 9.59 Å². The zero-order chi connectivity index (χ0) is 12.2. The number of benzene rings is 1. The number of imide groups is 1. The van der Waals surface area contributed by atoms with Crippen molar-refractivity contribution < 1.29 is 9.59 Å². The molecule has 0 saturated heterocycles. The average Bonchev–Trinajstić information content (AvgIpc) is 2.54. The van der Waals surface area contributed by atoms with Crippen LogP contribution in [0.2, 0.25) is 0 Å². The molecule has 1 aromatic rings. The molecule has 0 aromatic heterocycles. The fourth-order valence-electron chi connectivity index (χ4n) is 2.48. The number of nitrogens with zero attached hydrogens (tertiary/aromatic N) is 1. The molecule has 2 amide bonds. The van der Waals surface area contributed by atoms with Crippen LogP contribution in [-0.4, -0.2) is 23.8 Å². The van der Waals surface area contributed by atoms with Gasteiger partial charge in [-0.15, -0.1) is 0 Å². The van der Waals surface area contributed by atoms with Gasteiger partial charge in [-0.05, 0) is 36.1 Å². The number of carbonyl (C=O) groups is 2. The van der Waals surface area contributed by atoms with Crippen molar-refractivity contribution in [2.24, 2.45) is 0 Å². The SMILES string of the molecule is CN1C(=O)C2=C(C1=O)c1ccc(Br)cc1CC2. The summed E-state index contributed by atoms with van der Waals surface area (Å²) in [5, 5.41) is 0. The summed E-state index contributed by atoms with van der Waals surface area (Å²) in [6.07, 6.45) is 1.48. The van der Waals surface area contributed by atoms with Crippen LogP contribution >= 0.6 is 15.9 Å². The van der Waals surface area contributed by atoms with Gasteiger partial charge in [-0.3, -0.25) is 14.5 Å². The van der Waals surface area contributed by atoms with Crippen molar-refractivity contribution in [1.82, 2.24) is 4.90 Å². The van der Waals surface area contributed by atoms with Crippen LogP contribution in [0.3, 0.4) is 0 Å². The number of halogens is 1. The van der Waals surface area contributed by atoms with Gasteiger partial charge in [-0.1, -0.05) is 22.0 Å². The van der Waals surface area contributed by atoms with Gasteiger partial charge in [0.2, 0.25) is 0 Å². The van der Waals surface area contributed by atoms with Crippen LogP contribution < -0.4 is 0 Å². The molecule has 0 bridgehead atoms. The number of carbonyl (C=O) groups excluding carboxylic acids is 2. The Bertz CT molecular complexity index is 589. The van der Waals surface area contributed by atoms with E-state index in [4.69, 9.17) is 0 Å². The number of aryl methyl sites for hydroxylation is 1. The normalized spacial score (nSPS) is 18.6. The topological polar surface area (TPSA) is 37.4 Å². The molecule has 0 N–H and O–H groups in total. The largest absolute Gasteiger partial charge is 0.278 e. The third kappa shape index (κ3) is 1.40. The van der Waals surface area contributed by atoms with Gasteiger partial charge in [-0.2, -0.15) is 0 Å². The van der Waals surface area contributed by atoms with E-state index in [-0.39, 0.29) is 11.8 Å². The van der Waals surface area contributed by atoms with Crippen molar-refractivity contribution in [3.8, 4) is 0 Å². The number of fused-ring (bicyclic) bond motifs is 2. The number of hydrogen-bond donors (Lipinski definition) is 0. The van der Waals surface area contributed by atoms with E-state index in [1.165, 1.54) is 4.90 Å². The second kappa shape index (κ2) is 3.53. The molecule has 86 valence electrons. The zero-order valence-electron chi connectivity index (χ0n) is 9.29. The maximum Gasteiger partial charge on any atom is 0.261 e. The van der Waals surface area contributed by atoms with Gasteiger partial charge in [0.05, 0.1) is 5.57 Å². The van der Waals surface area contributed by atoms with E-state index < -0.39 is 0 Å². The Labute approximate surface area is 107 Å². The summed E-state index contributed by atoms with van der Waals surface area (Å²) in [5.41, 5.74) is 3.32. The van der Waals surface area contributed by atoms with Gasteiger partial charge in [0.25, 0.3) is 11.8 Å². The van der Waals surface area contributed by atoms with Crippen molar-refractivity contribution in [3.63, 3.8) is 0 Å². The fraction of sp³-hybridized carbons (Fsp3) is 0.231. The quantitative estimate of drug-likeness (QED) is 0.687. The standard InChI is InChI=1S/C13H10BrNO2/c1-15-12(16)10-4-2-7-6-8(14)3-5-9(7)11(10)13(15)17/h3,5-6H,2,4H2,1H3. The Balaban J connectivity index is 2.23. The molecule has 0 spiro atoms. The Morgan fingerprint density at radius 1 is 1.18 bits per heavy atom. The summed E-state index contributed by atoms with van der Waals surface area (Å²) in [5.74, 6) is -0.313. The number of likely N-dealkylation sites (N-methyl/N-ethyl adjacent to an activating group) is 1. The van der Waals surface area contributed by atoms with E-state index in [2.05, 4.69) is 15.9 Å². The average molecular weight is 292 g/mol. The molecule has 0 radical (unpaired) electrons.